The molecule has 2 unspecified atom stereocenters. The fourth-order valence-electron chi connectivity index (χ4n) is 5.79. The summed E-state index contributed by atoms with van der Waals surface area (Å²) in [7, 11) is 0.824. The summed E-state index contributed by atoms with van der Waals surface area (Å²) < 4.78 is 25.6. The molecule has 1 N–H and O–H groups in total. The van der Waals surface area contributed by atoms with Gasteiger partial charge in [-0.3, -0.25) is 9.05 Å². The fourth-order valence-corrected chi connectivity index (χ4v) is 7.56. The van der Waals surface area contributed by atoms with Crippen LogP contribution in [0.15, 0.2) is 48.6 Å². The van der Waals surface area contributed by atoms with Crippen LogP contribution in [0.4, 0.5) is 0 Å². The van der Waals surface area contributed by atoms with Crippen LogP contribution in [-0.2, 0) is 13.6 Å². The van der Waals surface area contributed by atoms with E-state index < -0.39 is 7.75 Å². The van der Waals surface area contributed by atoms with E-state index in [4.69, 9.17) is 9.05 Å². The Balaban J connectivity index is 2.23. The first kappa shape index (κ1) is 43.1. The highest BCUT2D eigenvalue weighted by Crippen LogP contribution is 2.54. The molecule has 0 bridgehead atoms. The zero-order valence-corrected chi connectivity index (χ0v) is 31.7. The van der Waals surface area contributed by atoms with Crippen molar-refractivity contribution in [2.45, 2.75) is 180 Å². The van der Waals surface area contributed by atoms with E-state index in [1.165, 1.54) is 116 Å². The predicted octanol–water partition coefficient (Wildman–Crippen LogP) is 12.7. The van der Waals surface area contributed by atoms with Gasteiger partial charge in [0.25, 0.3) is 0 Å². The Morgan fingerprint density at radius 2 is 0.913 bits per heavy atom. The monoisotopic (exact) mass is 663 g/mol. The summed E-state index contributed by atoms with van der Waals surface area (Å²) in [6, 6.07) is 0. The van der Waals surface area contributed by atoms with Crippen molar-refractivity contribution in [3.8, 4) is 0 Å². The van der Waals surface area contributed by atoms with Crippen molar-refractivity contribution in [2.24, 2.45) is 0 Å². The summed E-state index contributed by atoms with van der Waals surface area (Å²) in [5.41, 5.74) is 0. The van der Waals surface area contributed by atoms with Crippen LogP contribution in [0.3, 0.4) is 0 Å². The molecular weight excluding hydrogens is 587 g/mol. The van der Waals surface area contributed by atoms with Gasteiger partial charge in [0.05, 0.1) is 12.2 Å². The van der Waals surface area contributed by atoms with Crippen molar-refractivity contribution in [3.05, 3.63) is 48.6 Å². The van der Waals surface area contributed by atoms with Crippen LogP contribution < -0.4 is 5.09 Å². The number of hydrogen-bond acceptors (Lipinski definition) is 4. The molecule has 0 radical (unpaired) electrons. The Morgan fingerprint density at radius 1 is 0.543 bits per heavy atom. The predicted molar refractivity (Wildman–Crippen MR) is 203 cm³/mol. The topological polar surface area (TPSA) is 50.8 Å². The van der Waals surface area contributed by atoms with E-state index in [0.717, 1.165) is 45.1 Å². The van der Waals surface area contributed by atoms with Crippen LogP contribution in [0, 0.1) is 0 Å². The highest BCUT2D eigenvalue weighted by Gasteiger charge is 2.43. The van der Waals surface area contributed by atoms with Gasteiger partial charge in [0, 0.05) is 13.1 Å². The summed E-state index contributed by atoms with van der Waals surface area (Å²) >= 11 is 0. The van der Waals surface area contributed by atoms with Gasteiger partial charge in [-0.2, -0.15) is 0 Å². The van der Waals surface area contributed by atoms with E-state index in [0.29, 0.717) is 6.54 Å². The number of rotatable bonds is 32. The van der Waals surface area contributed by atoms with Gasteiger partial charge in [0.15, 0.2) is 0 Å². The van der Waals surface area contributed by atoms with E-state index >= 15 is 0 Å². The molecule has 2 atom stereocenters. The standard InChI is InChI=1S/C40H75N2O3P/c1-5-7-9-11-13-15-17-19-21-23-25-27-29-31-33-35-39-40(45-46(43,44-39)41-37-38-42(3)4)36-34-32-30-28-26-24-22-20-18-16-14-12-10-8-6-2/h13-16,19-22,39-40H,5-12,17-18,23-38H2,1-4H3,(H,41,43). The highest BCUT2D eigenvalue weighted by atomic mass is 31.2. The molecule has 1 fully saturated rings. The van der Waals surface area contributed by atoms with Crippen LogP contribution in [0.2, 0.25) is 0 Å². The number of hydrogen-bond donors (Lipinski definition) is 1. The van der Waals surface area contributed by atoms with E-state index in [9.17, 15) is 4.57 Å². The number of nitrogens with one attached hydrogen (secondary N) is 1. The average Bonchev–Trinajstić information content (AvgIpc) is 3.35. The Hall–Kier alpha value is -0.970. The van der Waals surface area contributed by atoms with Crippen LogP contribution in [-0.4, -0.2) is 44.3 Å². The molecule has 6 heteroatoms. The molecule has 1 heterocycles. The third-order valence-electron chi connectivity index (χ3n) is 8.71. The van der Waals surface area contributed by atoms with Crippen LogP contribution in [0.25, 0.3) is 0 Å². The Bertz CT molecular complexity index is 780. The zero-order chi connectivity index (χ0) is 33.4. The van der Waals surface area contributed by atoms with Crippen molar-refractivity contribution in [3.63, 3.8) is 0 Å². The second-order valence-electron chi connectivity index (χ2n) is 13.5. The van der Waals surface area contributed by atoms with Crippen molar-refractivity contribution in [1.29, 1.82) is 0 Å². The molecule has 0 amide bonds. The normalized spacial score (nSPS) is 20.6. The second-order valence-corrected chi connectivity index (χ2v) is 15.3. The van der Waals surface area contributed by atoms with Gasteiger partial charge >= 0.3 is 7.75 Å². The number of unbranched alkanes of at least 4 members (excludes halogenated alkanes) is 16. The molecule has 1 saturated heterocycles. The molecule has 1 aliphatic heterocycles. The van der Waals surface area contributed by atoms with Gasteiger partial charge in [-0.15, -0.1) is 0 Å². The minimum atomic E-state index is -3.22. The average molecular weight is 663 g/mol. The van der Waals surface area contributed by atoms with E-state index in [1.807, 2.05) is 14.1 Å². The van der Waals surface area contributed by atoms with E-state index in [2.05, 4.69) is 72.4 Å². The molecule has 0 aromatic rings. The van der Waals surface area contributed by atoms with Gasteiger partial charge < -0.3 is 4.90 Å². The lowest BCUT2D eigenvalue weighted by molar-refractivity contribution is 0.133. The number of nitrogens with zero attached hydrogens (tertiary/aromatic N) is 1. The Morgan fingerprint density at radius 3 is 1.30 bits per heavy atom. The maximum absolute atomic E-state index is 13.3. The largest absolute Gasteiger partial charge is 0.406 e. The molecule has 46 heavy (non-hydrogen) atoms. The lowest BCUT2D eigenvalue weighted by Crippen LogP contribution is -2.25. The Kier molecular flexibility index (Phi) is 29.3. The fraction of sp³-hybridized carbons (Fsp3) is 0.800. The van der Waals surface area contributed by atoms with Gasteiger partial charge in [0.2, 0.25) is 0 Å². The lowest BCUT2D eigenvalue weighted by atomic mass is 9.99. The highest BCUT2D eigenvalue weighted by molar-refractivity contribution is 7.51. The lowest BCUT2D eigenvalue weighted by Gasteiger charge is -2.15. The number of likely N-dealkylation sites (N-methyl/N-ethyl adjacent to an activating group) is 1. The third kappa shape index (κ3) is 26.0. The first-order chi connectivity index (χ1) is 22.5. The van der Waals surface area contributed by atoms with Gasteiger partial charge in [-0.25, -0.2) is 9.65 Å². The maximum atomic E-state index is 13.3. The molecule has 0 spiro atoms. The first-order valence-corrected chi connectivity index (χ1v) is 21.0. The Labute approximate surface area is 286 Å². The molecular formula is C40H75N2O3P. The summed E-state index contributed by atoms with van der Waals surface area (Å²) in [6.45, 7) is 5.93. The van der Waals surface area contributed by atoms with E-state index in [-0.39, 0.29) is 12.2 Å². The molecule has 0 aromatic heterocycles. The smallest absolute Gasteiger partial charge is 0.308 e. The molecule has 268 valence electrons. The van der Waals surface area contributed by atoms with E-state index in [1.54, 1.807) is 0 Å². The van der Waals surface area contributed by atoms with Gasteiger partial charge in [-0.05, 0) is 91.1 Å². The molecule has 0 aliphatic carbocycles. The summed E-state index contributed by atoms with van der Waals surface area (Å²) in [5.74, 6) is 0. The molecule has 1 aliphatic rings. The molecule has 5 nitrogen and oxygen atoms in total. The zero-order valence-electron chi connectivity index (χ0n) is 30.8. The van der Waals surface area contributed by atoms with Crippen LogP contribution in [0.1, 0.15) is 168 Å². The SMILES string of the molecule is CCCCCC=CCC=CCCCCCCCC1OP(=O)(NCCN(C)C)OC1CCCCCCCC=CCC=CCCCCC. The van der Waals surface area contributed by atoms with Crippen molar-refractivity contribution < 1.29 is 13.6 Å². The van der Waals surface area contributed by atoms with Crippen LogP contribution in [0.5, 0.6) is 0 Å². The molecule has 0 aromatic carbocycles. The minimum Gasteiger partial charge on any atom is -0.308 e. The number of allylic oxidation sites excluding steroid dienone is 8. The minimum absolute atomic E-state index is 0.0542. The quantitative estimate of drug-likeness (QED) is 0.0441. The second kappa shape index (κ2) is 31.3. The van der Waals surface area contributed by atoms with Crippen molar-refractivity contribution in [2.75, 3.05) is 27.2 Å². The van der Waals surface area contributed by atoms with Gasteiger partial charge in [0.1, 0.15) is 0 Å². The molecule has 1 rings (SSSR count). The maximum Gasteiger partial charge on any atom is 0.406 e. The molecule has 0 saturated carbocycles. The summed E-state index contributed by atoms with van der Waals surface area (Å²) in [5, 5.41) is 3.11. The first-order valence-electron chi connectivity index (χ1n) is 19.5. The summed E-state index contributed by atoms with van der Waals surface area (Å²) in [6.07, 6.45) is 47.5. The summed E-state index contributed by atoms with van der Waals surface area (Å²) in [4.78, 5) is 2.08. The van der Waals surface area contributed by atoms with Crippen molar-refractivity contribution >= 4 is 7.75 Å². The van der Waals surface area contributed by atoms with Crippen LogP contribution >= 0.6 is 7.75 Å². The third-order valence-corrected chi connectivity index (χ3v) is 10.4. The van der Waals surface area contributed by atoms with Gasteiger partial charge in [-0.1, -0.05) is 140 Å². The van der Waals surface area contributed by atoms with Crippen molar-refractivity contribution in [1.82, 2.24) is 9.99 Å².